The maximum Gasteiger partial charge on any atom is 0.129 e. The van der Waals surface area contributed by atoms with Gasteiger partial charge in [-0.15, -0.1) is 0 Å². The molecule has 112 valence electrons. The molecule has 1 atom stereocenters. The first-order valence-electron chi connectivity index (χ1n) is 6.66. The fourth-order valence-electron chi connectivity index (χ4n) is 2.18. The molecule has 0 aliphatic carbocycles. The lowest BCUT2D eigenvalue weighted by atomic mass is 9.98. The highest BCUT2D eigenvalue weighted by Gasteiger charge is 2.22. The van der Waals surface area contributed by atoms with E-state index in [2.05, 4.69) is 60.0 Å². The van der Waals surface area contributed by atoms with Crippen LogP contribution in [0.25, 0.3) is 0 Å². The molecule has 0 aromatic heterocycles. The van der Waals surface area contributed by atoms with Gasteiger partial charge in [0.15, 0.2) is 0 Å². The van der Waals surface area contributed by atoms with Crippen molar-refractivity contribution in [2.75, 3.05) is 6.54 Å². The summed E-state index contributed by atoms with van der Waals surface area (Å²) in [6, 6.07) is 10.8. The molecule has 0 aliphatic heterocycles. The summed E-state index contributed by atoms with van der Waals surface area (Å²) in [4.78, 5) is 0. The smallest absolute Gasteiger partial charge is 0.129 e. The van der Waals surface area contributed by atoms with Crippen LogP contribution < -0.4 is 5.32 Å². The van der Waals surface area contributed by atoms with Gasteiger partial charge in [0.2, 0.25) is 0 Å². The van der Waals surface area contributed by atoms with E-state index in [1.807, 2.05) is 24.3 Å². The number of hydrogen-bond donors (Lipinski definition) is 1. The van der Waals surface area contributed by atoms with Gasteiger partial charge in [-0.1, -0.05) is 60.8 Å². The van der Waals surface area contributed by atoms with Crippen molar-refractivity contribution in [3.63, 3.8) is 0 Å². The Balaban J connectivity index is 2.55. The maximum atomic E-state index is 14.3. The van der Waals surface area contributed by atoms with Crippen molar-refractivity contribution < 1.29 is 4.39 Å². The normalized spacial score (nSPS) is 12.4. The lowest BCUT2D eigenvalue weighted by Crippen LogP contribution is -2.25. The zero-order valence-corrected chi connectivity index (χ0v) is 16.2. The van der Waals surface area contributed by atoms with Crippen molar-refractivity contribution in [3.05, 3.63) is 66.8 Å². The molecule has 1 nitrogen and oxygen atoms in total. The minimum absolute atomic E-state index is 0.215. The van der Waals surface area contributed by atoms with Crippen molar-refractivity contribution in [2.45, 2.75) is 19.4 Å². The van der Waals surface area contributed by atoms with Crippen LogP contribution in [-0.4, -0.2) is 6.54 Å². The summed E-state index contributed by atoms with van der Waals surface area (Å²) in [6.45, 7) is 2.90. The van der Waals surface area contributed by atoms with E-state index in [0.29, 0.717) is 5.56 Å². The van der Waals surface area contributed by atoms with E-state index in [1.54, 1.807) is 6.07 Å². The van der Waals surface area contributed by atoms with Gasteiger partial charge in [0.05, 0.1) is 6.04 Å². The summed E-state index contributed by atoms with van der Waals surface area (Å²) in [6.07, 6.45) is 0.980. The fraction of sp³-hybridized carbons (Fsp3) is 0.250. The third kappa shape index (κ3) is 4.15. The molecule has 21 heavy (non-hydrogen) atoms. The second-order valence-electron chi connectivity index (χ2n) is 4.69. The molecule has 1 N–H and O–H groups in total. The largest absolute Gasteiger partial charge is 0.306 e. The predicted molar refractivity (Wildman–Crippen MR) is 96.1 cm³/mol. The molecule has 2 aromatic rings. The van der Waals surface area contributed by atoms with Gasteiger partial charge in [-0.25, -0.2) is 4.39 Å². The second kappa shape index (κ2) is 7.86. The summed E-state index contributed by atoms with van der Waals surface area (Å²) in [5.41, 5.74) is 1.63. The van der Waals surface area contributed by atoms with E-state index in [0.717, 1.165) is 31.9 Å². The Kier molecular flexibility index (Phi) is 6.41. The van der Waals surface area contributed by atoms with Gasteiger partial charge in [0.1, 0.15) is 5.82 Å². The van der Waals surface area contributed by atoms with E-state index in [4.69, 9.17) is 0 Å². The zero-order chi connectivity index (χ0) is 15.4. The molecule has 5 heteroatoms. The van der Waals surface area contributed by atoms with Crippen LogP contribution in [0.15, 0.2) is 49.8 Å². The number of benzene rings is 2. The van der Waals surface area contributed by atoms with Gasteiger partial charge < -0.3 is 5.32 Å². The van der Waals surface area contributed by atoms with E-state index < -0.39 is 0 Å². The quantitative estimate of drug-likeness (QED) is 0.538. The van der Waals surface area contributed by atoms with Gasteiger partial charge >= 0.3 is 0 Å². The Morgan fingerprint density at radius 2 is 1.86 bits per heavy atom. The van der Waals surface area contributed by atoms with Gasteiger partial charge in [-0.3, -0.25) is 0 Å². The Labute approximate surface area is 149 Å². The SMILES string of the molecule is CCCNC(c1cc(Br)ccc1Br)c1c(F)cccc1Br. The summed E-state index contributed by atoms with van der Waals surface area (Å²) in [5.74, 6) is -0.218. The lowest BCUT2D eigenvalue weighted by Gasteiger charge is -2.23. The Bertz CT molecular complexity index is 611. The van der Waals surface area contributed by atoms with E-state index in [-0.39, 0.29) is 11.9 Å². The molecule has 0 bridgehead atoms. The summed E-state index contributed by atoms with van der Waals surface area (Å²) in [5, 5.41) is 3.43. The average Bonchev–Trinajstić information content (AvgIpc) is 2.45. The van der Waals surface area contributed by atoms with Crippen molar-refractivity contribution in [1.82, 2.24) is 5.32 Å². The topological polar surface area (TPSA) is 12.0 Å². The standard InChI is InChI=1S/C16H15Br3FN/c1-2-8-21-16(11-9-10(17)6-7-12(11)18)15-13(19)4-3-5-14(15)20/h3-7,9,16,21H,2,8H2,1H3. The minimum Gasteiger partial charge on any atom is -0.306 e. The van der Waals surface area contributed by atoms with Crippen LogP contribution in [-0.2, 0) is 0 Å². The van der Waals surface area contributed by atoms with Crippen LogP contribution in [0.2, 0.25) is 0 Å². The molecule has 2 aromatic carbocycles. The van der Waals surface area contributed by atoms with Crippen LogP contribution in [0.1, 0.15) is 30.5 Å². The Morgan fingerprint density at radius 1 is 1.10 bits per heavy atom. The summed E-state index contributed by atoms with van der Waals surface area (Å²) < 4.78 is 17.0. The van der Waals surface area contributed by atoms with Crippen LogP contribution in [0, 0.1) is 5.82 Å². The van der Waals surface area contributed by atoms with Gasteiger partial charge in [-0.2, -0.15) is 0 Å². The third-order valence-corrected chi connectivity index (χ3v) is 5.06. The van der Waals surface area contributed by atoms with Crippen molar-refractivity contribution >= 4 is 47.8 Å². The number of rotatable bonds is 5. The summed E-state index contributed by atoms with van der Waals surface area (Å²) in [7, 11) is 0. The monoisotopic (exact) mass is 477 g/mol. The minimum atomic E-state index is -0.218. The first kappa shape index (κ1) is 17.1. The molecule has 0 aliphatic rings. The van der Waals surface area contributed by atoms with E-state index in [1.165, 1.54) is 6.07 Å². The Morgan fingerprint density at radius 3 is 2.52 bits per heavy atom. The van der Waals surface area contributed by atoms with Crippen molar-refractivity contribution in [1.29, 1.82) is 0 Å². The van der Waals surface area contributed by atoms with Gasteiger partial charge in [0.25, 0.3) is 0 Å². The molecular formula is C16H15Br3FN. The van der Waals surface area contributed by atoms with Crippen molar-refractivity contribution in [2.24, 2.45) is 0 Å². The average molecular weight is 480 g/mol. The fourth-order valence-corrected chi connectivity index (χ4v) is 3.60. The molecule has 0 heterocycles. The number of halogens is 4. The van der Waals surface area contributed by atoms with E-state index in [9.17, 15) is 4.39 Å². The molecule has 0 spiro atoms. The first-order chi connectivity index (χ1) is 10.0. The van der Waals surface area contributed by atoms with Gasteiger partial charge in [-0.05, 0) is 48.9 Å². The van der Waals surface area contributed by atoms with Crippen LogP contribution in [0.5, 0.6) is 0 Å². The molecule has 1 unspecified atom stereocenters. The number of nitrogens with one attached hydrogen (secondary N) is 1. The van der Waals surface area contributed by atoms with Crippen LogP contribution >= 0.6 is 47.8 Å². The molecule has 0 radical (unpaired) electrons. The number of hydrogen-bond acceptors (Lipinski definition) is 1. The highest BCUT2D eigenvalue weighted by molar-refractivity contribution is 9.11. The predicted octanol–water partition coefficient (Wildman–Crippen LogP) is 6.20. The van der Waals surface area contributed by atoms with E-state index >= 15 is 0 Å². The zero-order valence-electron chi connectivity index (χ0n) is 11.5. The van der Waals surface area contributed by atoms with Gasteiger partial charge in [0, 0.05) is 19.0 Å². The maximum absolute atomic E-state index is 14.3. The molecule has 0 amide bonds. The molecular weight excluding hydrogens is 465 g/mol. The van der Waals surface area contributed by atoms with Crippen LogP contribution in [0.3, 0.4) is 0 Å². The molecule has 0 saturated heterocycles. The molecule has 0 saturated carbocycles. The van der Waals surface area contributed by atoms with Crippen molar-refractivity contribution in [3.8, 4) is 0 Å². The molecule has 2 rings (SSSR count). The first-order valence-corrected chi connectivity index (χ1v) is 9.04. The lowest BCUT2D eigenvalue weighted by molar-refractivity contribution is 0.543. The second-order valence-corrected chi connectivity index (χ2v) is 7.31. The highest BCUT2D eigenvalue weighted by atomic mass is 79.9. The molecule has 0 fully saturated rings. The highest BCUT2D eigenvalue weighted by Crippen LogP contribution is 2.35. The van der Waals surface area contributed by atoms with Crippen LogP contribution in [0.4, 0.5) is 4.39 Å². The third-order valence-electron chi connectivity index (χ3n) is 3.16. The Hall–Kier alpha value is -0.230. The summed E-state index contributed by atoms with van der Waals surface area (Å²) >= 11 is 10.5.